The summed E-state index contributed by atoms with van der Waals surface area (Å²) in [6.45, 7) is 2.19. The van der Waals surface area contributed by atoms with Crippen molar-refractivity contribution < 1.29 is 14.3 Å². The second kappa shape index (κ2) is 5.04. The normalized spacial score (nSPS) is 22.2. The highest BCUT2D eigenvalue weighted by molar-refractivity contribution is 5.70. The Morgan fingerprint density at radius 1 is 1.77 bits per heavy atom. The summed E-state index contributed by atoms with van der Waals surface area (Å²) in [7, 11) is 1.64. The van der Waals surface area contributed by atoms with Crippen LogP contribution in [0.5, 0.6) is 0 Å². The number of nitrogens with two attached hydrogens (primary N) is 1. The van der Waals surface area contributed by atoms with E-state index in [1.54, 1.807) is 12.0 Å². The largest absolute Gasteiger partial charge is 0.447 e. The summed E-state index contributed by atoms with van der Waals surface area (Å²) in [5.41, 5.74) is 5.49. The quantitative estimate of drug-likeness (QED) is 0.607. The summed E-state index contributed by atoms with van der Waals surface area (Å²) in [6, 6.07) is 0.0457. The molecule has 1 unspecified atom stereocenters. The van der Waals surface area contributed by atoms with Crippen molar-refractivity contribution in [3.8, 4) is 0 Å². The minimum atomic E-state index is -0.258. The Morgan fingerprint density at radius 3 is 3.15 bits per heavy atom. The fourth-order valence-electron chi connectivity index (χ4n) is 1.34. The Labute approximate surface area is 77.8 Å². The van der Waals surface area contributed by atoms with Gasteiger partial charge in [0.05, 0.1) is 6.04 Å². The van der Waals surface area contributed by atoms with Gasteiger partial charge in [-0.15, -0.1) is 0 Å². The van der Waals surface area contributed by atoms with Crippen LogP contribution in [0.3, 0.4) is 0 Å². The van der Waals surface area contributed by atoms with Gasteiger partial charge in [-0.25, -0.2) is 4.79 Å². The summed E-state index contributed by atoms with van der Waals surface area (Å²) in [6.07, 6.45) is 0.564. The topological polar surface area (TPSA) is 64.8 Å². The molecule has 0 aromatic heterocycles. The number of carbonyl (C=O) groups excluding carboxylic acids is 1. The van der Waals surface area contributed by atoms with E-state index >= 15 is 0 Å². The molecule has 13 heavy (non-hydrogen) atoms. The number of rotatable bonds is 5. The Morgan fingerprint density at radius 2 is 2.54 bits per heavy atom. The third kappa shape index (κ3) is 2.57. The van der Waals surface area contributed by atoms with Gasteiger partial charge in [0.1, 0.15) is 6.61 Å². The van der Waals surface area contributed by atoms with Crippen LogP contribution < -0.4 is 5.73 Å². The molecule has 0 spiro atoms. The zero-order valence-corrected chi connectivity index (χ0v) is 7.86. The Kier molecular flexibility index (Phi) is 3.98. The van der Waals surface area contributed by atoms with Crippen molar-refractivity contribution in [2.75, 3.05) is 33.4 Å². The van der Waals surface area contributed by atoms with E-state index in [0.717, 1.165) is 6.42 Å². The number of nitrogens with zero attached hydrogens (tertiary/aromatic N) is 1. The van der Waals surface area contributed by atoms with Crippen molar-refractivity contribution in [1.82, 2.24) is 4.90 Å². The van der Waals surface area contributed by atoms with Crippen LogP contribution in [0.2, 0.25) is 0 Å². The molecule has 1 saturated heterocycles. The molecule has 1 aliphatic heterocycles. The summed E-state index contributed by atoms with van der Waals surface area (Å²) in [5.74, 6) is 0. The summed E-state index contributed by atoms with van der Waals surface area (Å²) < 4.78 is 9.76. The van der Waals surface area contributed by atoms with E-state index < -0.39 is 0 Å². The predicted octanol–water partition coefficient (Wildman–Crippen LogP) is -0.198. The Balaban J connectivity index is 2.31. The molecular weight excluding hydrogens is 172 g/mol. The van der Waals surface area contributed by atoms with Gasteiger partial charge in [0.15, 0.2) is 0 Å². The number of carbonyl (C=O) groups is 1. The fourth-order valence-corrected chi connectivity index (χ4v) is 1.34. The first-order chi connectivity index (χ1) is 6.29. The molecule has 1 amide bonds. The maximum atomic E-state index is 11.1. The first-order valence-electron chi connectivity index (χ1n) is 4.42. The van der Waals surface area contributed by atoms with E-state index in [4.69, 9.17) is 15.2 Å². The molecule has 5 heteroatoms. The van der Waals surface area contributed by atoms with E-state index in [2.05, 4.69) is 0 Å². The van der Waals surface area contributed by atoms with Crippen LogP contribution in [0.1, 0.15) is 6.42 Å². The van der Waals surface area contributed by atoms with E-state index in [9.17, 15) is 4.79 Å². The molecule has 5 nitrogen and oxygen atoms in total. The predicted molar refractivity (Wildman–Crippen MR) is 47.4 cm³/mol. The standard InChI is InChI=1S/C8H16N2O3/c1-12-4-2-3-10-7(5-9)6-13-8(10)11/h7H,2-6,9H2,1H3. The minimum absolute atomic E-state index is 0.0457. The summed E-state index contributed by atoms with van der Waals surface area (Å²) in [4.78, 5) is 12.8. The number of hydrogen-bond donors (Lipinski definition) is 1. The molecule has 0 aromatic rings. The van der Waals surface area contributed by atoms with E-state index in [0.29, 0.717) is 26.3 Å². The fraction of sp³-hybridized carbons (Fsp3) is 0.875. The molecule has 1 heterocycles. The lowest BCUT2D eigenvalue weighted by molar-refractivity contribution is 0.148. The third-order valence-corrected chi connectivity index (χ3v) is 2.09. The van der Waals surface area contributed by atoms with E-state index in [1.807, 2.05) is 0 Å². The van der Waals surface area contributed by atoms with Crippen molar-refractivity contribution in [3.05, 3.63) is 0 Å². The second-order valence-corrected chi connectivity index (χ2v) is 3.01. The van der Waals surface area contributed by atoms with Gasteiger partial charge >= 0.3 is 6.09 Å². The van der Waals surface area contributed by atoms with Crippen LogP contribution in [0, 0.1) is 0 Å². The molecule has 0 aliphatic carbocycles. The lowest BCUT2D eigenvalue weighted by Crippen LogP contribution is -2.39. The lowest BCUT2D eigenvalue weighted by atomic mass is 10.3. The van der Waals surface area contributed by atoms with E-state index in [1.165, 1.54) is 0 Å². The Bertz CT molecular complexity index is 175. The van der Waals surface area contributed by atoms with Crippen LogP contribution in [-0.4, -0.2) is 50.4 Å². The van der Waals surface area contributed by atoms with Gasteiger partial charge in [-0.3, -0.25) is 0 Å². The highest BCUT2D eigenvalue weighted by atomic mass is 16.6. The molecule has 1 rings (SSSR count). The van der Waals surface area contributed by atoms with Gasteiger partial charge in [0.25, 0.3) is 0 Å². The van der Waals surface area contributed by atoms with Crippen LogP contribution in [0.15, 0.2) is 0 Å². The van der Waals surface area contributed by atoms with Crippen molar-refractivity contribution in [2.45, 2.75) is 12.5 Å². The lowest BCUT2D eigenvalue weighted by Gasteiger charge is -2.19. The molecule has 2 N–H and O–H groups in total. The summed E-state index contributed by atoms with van der Waals surface area (Å²) in [5, 5.41) is 0. The third-order valence-electron chi connectivity index (χ3n) is 2.09. The van der Waals surface area contributed by atoms with E-state index in [-0.39, 0.29) is 12.1 Å². The van der Waals surface area contributed by atoms with Crippen LogP contribution in [0.4, 0.5) is 4.79 Å². The Hall–Kier alpha value is -0.810. The number of methoxy groups -OCH3 is 1. The number of hydrogen-bond acceptors (Lipinski definition) is 4. The maximum absolute atomic E-state index is 11.1. The molecule has 1 atom stereocenters. The zero-order valence-electron chi connectivity index (χ0n) is 7.86. The van der Waals surface area contributed by atoms with Gasteiger partial charge in [0.2, 0.25) is 0 Å². The highest BCUT2D eigenvalue weighted by Gasteiger charge is 2.30. The highest BCUT2D eigenvalue weighted by Crippen LogP contribution is 2.11. The minimum Gasteiger partial charge on any atom is -0.447 e. The van der Waals surface area contributed by atoms with Crippen LogP contribution in [-0.2, 0) is 9.47 Å². The number of amides is 1. The van der Waals surface area contributed by atoms with Crippen LogP contribution >= 0.6 is 0 Å². The molecule has 0 radical (unpaired) electrons. The SMILES string of the molecule is COCCCN1C(=O)OCC1CN. The molecule has 76 valence electrons. The van der Waals surface area contributed by atoms with Gasteiger partial charge in [-0.1, -0.05) is 0 Å². The zero-order chi connectivity index (χ0) is 9.68. The number of cyclic esters (lactones) is 1. The first-order valence-corrected chi connectivity index (χ1v) is 4.42. The second-order valence-electron chi connectivity index (χ2n) is 3.01. The smallest absolute Gasteiger partial charge is 0.410 e. The number of ether oxygens (including phenoxy) is 2. The van der Waals surface area contributed by atoms with Gasteiger partial charge in [-0.2, -0.15) is 0 Å². The van der Waals surface area contributed by atoms with Gasteiger partial charge in [-0.05, 0) is 6.42 Å². The molecule has 0 bridgehead atoms. The average Bonchev–Trinajstić information content (AvgIpc) is 2.48. The van der Waals surface area contributed by atoms with Gasteiger partial charge < -0.3 is 20.1 Å². The van der Waals surface area contributed by atoms with Crippen LogP contribution in [0.25, 0.3) is 0 Å². The molecule has 0 saturated carbocycles. The summed E-state index contributed by atoms with van der Waals surface area (Å²) >= 11 is 0. The van der Waals surface area contributed by atoms with Crippen molar-refractivity contribution in [2.24, 2.45) is 5.73 Å². The molecular formula is C8H16N2O3. The monoisotopic (exact) mass is 188 g/mol. The average molecular weight is 188 g/mol. The molecule has 1 fully saturated rings. The maximum Gasteiger partial charge on any atom is 0.410 e. The van der Waals surface area contributed by atoms with Crippen molar-refractivity contribution >= 4 is 6.09 Å². The van der Waals surface area contributed by atoms with Crippen molar-refractivity contribution in [1.29, 1.82) is 0 Å². The first kappa shape index (κ1) is 10.3. The van der Waals surface area contributed by atoms with Gasteiger partial charge in [0, 0.05) is 26.8 Å². The molecule has 0 aromatic carbocycles. The van der Waals surface area contributed by atoms with Crippen molar-refractivity contribution in [3.63, 3.8) is 0 Å². The molecule has 1 aliphatic rings.